The van der Waals surface area contributed by atoms with Crippen LogP contribution in [0.4, 0.5) is 0 Å². The molecule has 0 aliphatic carbocycles. The molecule has 0 rings (SSSR count). The molecule has 0 aliphatic rings. The van der Waals surface area contributed by atoms with Crippen LogP contribution in [0.25, 0.3) is 0 Å². The van der Waals surface area contributed by atoms with E-state index < -0.39 is 7.32 Å². The zero-order valence-corrected chi connectivity index (χ0v) is 28.4. The molecule has 0 aromatic heterocycles. The third kappa shape index (κ3) is 21.3. The highest BCUT2D eigenvalue weighted by Crippen LogP contribution is 2.30. The molecule has 0 radical (unpaired) electrons. The number of hydrogen-bond donors (Lipinski definition) is 0. The van der Waals surface area contributed by atoms with Gasteiger partial charge in [0.1, 0.15) is 6.04 Å². The lowest BCUT2D eigenvalue weighted by atomic mass is 9.92. The monoisotopic (exact) mass is 556 g/mol. The first-order valence-corrected chi connectivity index (χ1v) is 17.5. The highest BCUT2D eigenvalue weighted by Gasteiger charge is 2.42. The van der Waals surface area contributed by atoms with Crippen molar-refractivity contribution in [3.05, 3.63) is 6.92 Å². The second-order valence-corrected chi connectivity index (χ2v) is 11.6. The summed E-state index contributed by atoms with van der Waals surface area (Å²) >= 11 is 0. The predicted molar refractivity (Wildman–Crippen MR) is 175 cm³/mol. The van der Waals surface area contributed by atoms with Gasteiger partial charge in [0.25, 0.3) is 0 Å². The Kier molecular flexibility index (Phi) is 32.5. The van der Waals surface area contributed by atoms with Crippen LogP contribution >= 0.6 is 0 Å². The lowest BCUT2D eigenvalue weighted by Crippen LogP contribution is -2.62. The Balaban J connectivity index is 0. The van der Waals surface area contributed by atoms with Gasteiger partial charge in [-0.15, -0.1) is 0 Å². The highest BCUT2D eigenvalue weighted by atomic mass is 16.7. The van der Waals surface area contributed by atoms with E-state index in [4.69, 9.17) is 14.0 Å². The van der Waals surface area contributed by atoms with Gasteiger partial charge >= 0.3 is 7.32 Å². The van der Waals surface area contributed by atoms with Crippen molar-refractivity contribution in [2.24, 2.45) is 0 Å². The maximum atomic E-state index is 6.89. The topological polar surface area (TPSA) is 27.7 Å². The molecule has 0 heterocycles. The van der Waals surface area contributed by atoms with Crippen LogP contribution in [0.5, 0.6) is 0 Å². The van der Waals surface area contributed by atoms with Crippen LogP contribution in [0, 0.1) is 6.92 Å². The minimum atomic E-state index is -0.524. The zero-order valence-electron chi connectivity index (χ0n) is 28.4. The van der Waals surface area contributed by atoms with E-state index in [0.29, 0.717) is 6.04 Å². The Morgan fingerprint density at radius 2 is 0.974 bits per heavy atom. The van der Waals surface area contributed by atoms with Crippen molar-refractivity contribution < 1.29 is 18.4 Å². The van der Waals surface area contributed by atoms with Gasteiger partial charge in [0, 0.05) is 19.6 Å². The molecule has 4 nitrogen and oxygen atoms in total. The number of nitrogens with zero attached hydrogens (tertiary/aromatic N) is 1. The minimum absolute atomic E-state index is 0.195. The van der Waals surface area contributed by atoms with E-state index in [2.05, 4.69) is 62.3 Å². The van der Waals surface area contributed by atoms with E-state index in [1.54, 1.807) is 0 Å². The summed E-state index contributed by atoms with van der Waals surface area (Å²) in [5, 5.41) is 0. The van der Waals surface area contributed by atoms with Gasteiger partial charge in [0.05, 0.1) is 25.7 Å². The molecule has 0 amide bonds. The third-order valence-corrected chi connectivity index (χ3v) is 7.82. The lowest BCUT2D eigenvalue weighted by Gasteiger charge is -2.49. The average molecular weight is 556 g/mol. The molecule has 0 spiro atoms. The van der Waals surface area contributed by atoms with Crippen molar-refractivity contribution in [1.29, 1.82) is 0 Å². The lowest BCUT2D eigenvalue weighted by molar-refractivity contribution is -0.955. The standard InChI is InChI=1S/C30H65BNO3.C4H9/c1-8-15-21-23-30(35-31(33-27-19-12-5)34-28-20-13-6)29(22-14-7)32(24-16-9-2,25-17-10-3)26-18-11-4;1-3-4-2/h29-30H,8-28H2,1-7H3;1,3-4H2,2H3/q+1;-1. The van der Waals surface area contributed by atoms with Crippen LogP contribution in [0.2, 0.25) is 0 Å². The molecule has 0 fully saturated rings. The van der Waals surface area contributed by atoms with Crippen LogP contribution in [0.15, 0.2) is 0 Å². The fraction of sp³-hybridized carbons (Fsp3) is 0.971. The molecule has 0 aliphatic heterocycles. The summed E-state index contributed by atoms with van der Waals surface area (Å²) in [6.07, 6.45) is 21.9. The Hall–Kier alpha value is -0.0951. The molecule has 0 saturated carbocycles. The van der Waals surface area contributed by atoms with E-state index in [1.807, 2.05) is 0 Å². The number of hydrogen-bond acceptors (Lipinski definition) is 3. The molecular weight excluding hydrogens is 481 g/mol. The maximum Gasteiger partial charge on any atom is 0.639 e. The Morgan fingerprint density at radius 1 is 0.538 bits per heavy atom. The molecule has 0 N–H and O–H groups in total. The number of quaternary nitrogens is 1. The molecule has 0 aromatic carbocycles. The normalized spacial score (nSPS) is 13.2. The van der Waals surface area contributed by atoms with Gasteiger partial charge in [-0.25, -0.2) is 0 Å². The third-order valence-electron chi connectivity index (χ3n) is 7.82. The van der Waals surface area contributed by atoms with E-state index in [0.717, 1.165) is 51.7 Å². The Labute approximate surface area is 248 Å². The molecule has 0 aromatic rings. The van der Waals surface area contributed by atoms with Crippen LogP contribution in [-0.2, 0) is 14.0 Å². The van der Waals surface area contributed by atoms with Crippen molar-refractivity contribution in [3.63, 3.8) is 0 Å². The van der Waals surface area contributed by atoms with Crippen LogP contribution in [-0.4, -0.2) is 56.8 Å². The Bertz CT molecular complexity index is 432. The first-order valence-electron chi connectivity index (χ1n) is 17.5. The summed E-state index contributed by atoms with van der Waals surface area (Å²) in [7, 11) is -0.524. The van der Waals surface area contributed by atoms with Gasteiger partial charge in [-0.05, 0) is 38.5 Å². The van der Waals surface area contributed by atoms with Crippen molar-refractivity contribution >= 4 is 7.32 Å². The van der Waals surface area contributed by atoms with Gasteiger partial charge in [-0.3, -0.25) is 0 Å². The zero-order chi connectivity index (χ0) is 29.6. The summed E-state index contributed by atoms with van der Waals surface area (Å²) in [4.78, 5) is 0. The van der Waals surface area contributed by atoms with E-state index in [-0.39, 0.29) is 6.10 Å². The SMILES string of the molecule is CCCCCC(OB(OCCCC)OCCCC)C(CCC)[N+](CCCC)(CCCC)CCCC.[CH2-]CCC. The molecule has 2 atom stereocenters. The van der Waals surface area contributed by atoms with E-state index in [1.165, 1.54) is 101 Å². The molecule has 2 unspecified atom stereocenters. The van der Waals surface area contributed by atoms with Crippen molar-refractivity contribution in [1.82, 2.24) is 0 Å². The summed E-state index contributed by atoms with van der Waals surface area (Å²) in [6, 6.07) is 0.522. The fourth-order valence-corrected chi connectivity index (χ4v) is 5.22. The quantitative estimate of drug-likeness (QED) is 0.0416. The summed E-state index contributed by atoms with van der Waals surface area (Å²) < 4.78 is 20.5. The van der Waals surface area contributed by atoms with E-state index in [9.17, 15) is 0 Å². The van der Waals surface area contributed by atoms with Gasteiger partial charge in [0.2, 0.25) is 0 Å². The second-order valence-electron chi connectivity index (χ2n) is 11.6. The largest absolute Gasteiger partial charge is 0.639 e. The Morgan fingerprint density at radius 3 is 1.33 bits per heavy atom. The minimum Gasteiger partial charge on any atom is -0.386 e. The molecule has 0 bridgehead atoms. The highest BCUT2D eigenvalue weighted by molar-refractivity contribution is 6.36. The van der Waals surface area contributed by atoms with Gasteiger partial charge in [-0.1, -0.05) is 120 Å². The van der Waals surface area contributed by atoms with Crippen molar-refractivity contribution in [2.45, 2.75) is 183 Å². The smallest absolute Gasteiger partial charge is 0.386 e. The second kappa shape index (κ2) is 30.9. The van der Waals surface area contributed by atoms with E-state index >= 15 is 0 Å². The molecule has 39 heavy (non-hydrogen) atoms. The first kappa shape index (κ1) is 41.0. The molecule has 236 valence electrons. The molecule has 5 heteroatoms. The fourth-order valence-electron chi connectivity index (χ4n) is 5.22. The predicted octanol–water partition coefficient (Wildman–Crippen LogP) is 10.6. The molecular formula is C34H74BNO3. The van der Waals surface area contributed by atoms with Gasteiger partial charge < -0.3 is 25.4 Å². The van der Waals surface area contributed by atoms with Gasteiger partial charge in [-0.2, -0.15) is 6.42 Å². The summed E-state index contributed by atoms with van der Waals surface area (Å²) in [5.41, 5.74) is 0. The van der Waals surface area contributed by atoms with Crippen LogP contribution in [0.1, 0.15) is 171 Å². The van der Waals surface area contributed by atoms with Crippen molar-refractivity contribution in [3.8, 4) is 0 Å². The number of unbranched alkanes of at least 4 members (excludes halogenated alkanes) is 8. The molecule has 0 saturated heterocycles. The van der Waals surface area contributed by atoms with Gasteiger partial charge in [0.15, 0.2) is 0 Å². The van der Waals surface area contributed by atoms with Crippen LogP contribution < -0.4 is 0 Å². The maximum absolute atomic E-state index is 6.89. The average Bonchev–Trinajstić information content (AvgIpc) is 2.95. The van der Waals surface area contributed by atoms with Crippen molar-refractivity contribution in [2.75, 3.05) is 32.8 Å². The van der Waals surface area contributed by atoms with Crippen LogP contribution in [0.3, 0.4) is 0 Å². The number of rotatable bonds is 28. The summed E-state index contributed by atoms with van der Waals surface area (Å²) in [6.45, 7) is 27.1. The summed E-state index contributed by atoms with van der Waals surface area (Å²) in [5.74, 6) is 0. The first-order chi connectivity index (χ1) is 19.0.